The van der Waals surface area contributed by atoms with E-state index in [1.807, 2.05) is 30.3 Å². The molecule has 2 atom stereocenters. The third-order valence-electron chi connectivity index (χ3n) is 3.65. The van der Waals surface area contributed by atoms with Gasteiger partial charge in [0.05, 0.1) is 32.2 Å². The van der Waals surface area contributed by atoms with Crippen molar-refractivity contribution >= 4 is 23.8 Å². The predicted octanol–water partition coefficient (Wildman–Crippen LogP) is 0.306. The van der Waals surface area contributed by atoms with Gasteiger partial charge in [-0.2, -0.15) is 0 Å². The zero-order chi connectivity index (χ0) is 20.9. The lowest BCUT2D eigenvalue weighted by Gasteiger charge is -2.23. The molecule has 0 radical (unpaired) electrons. The second kappa shape index (κ2) is 12.4. The number of nitrogens with one attached hydrogen (secondary N) is 1. The van der Waals surface area contributed by atoms with Crippen LogP contribution in [0.15, 0.2) is 30.3 Å². The molecule has 0 heterocycles. The zero-order valence-electron chi connectivity index (χ0n) is 16.0. The first kappa shape index (κ1) is 23.1. The van der Waals surface area contributed by atoms with Crippen molar-refractivity contribution in [2.24, 2.45) is 11.7 Å². The van der Waals surface area contributed by atoms with Crippen LogP contribution in [0.4, 0.5) is 0 Å². The molecule has 0 unspecified atom stereocenters. The van der Waals surface area contributed by atoms with Crippen LogP contribution in [0.3, 0.4) is 0 Å². The molecule has 9 nitrogen and oxygen atoms in total. The Balaban J connectivity index is 2.73. The van der Waals surface area contributed by atoms with E-state index < -0.39 is 42.1 Å². The number of carbonyl (C=O) groups is 4. The minimum Gasteiger partial charge on any atom is -0.466 e. The van der Waals surface area contributed by atoms with Crippen molar-refractivity contribution in [1.82, 2.24) is 5.32 Å². The van der Waals surface area contributed by atoms with E-state index in [9.17, 15) is 19.2 Å². The third-order valence-corrected chi connectivity index (χ3v) is 3.65. The maximum Gasteiger partial charge on any atom is 0.312 e. The molecular weight excluding hydrogens is 368 g/mol. The van der Waals surface area contributed by atoms with E-state index >= 15 is 0 Å². The summed E-state index contributed by atoms with van der Waals surface area (Å²) in [5.41, 5.74) is 6.20. The summed E-state index contributed by atoms with van der Waals surface area (Å²) >= 11 is 0. The van der Waals surface area contributed by atoms with Crippen LogP contribution < -0.4 is 11.1 Å². The van der Waals surface area contributed by atoms with E-state index in [0.717, 1.165) is 5.56 Å². The second-order valence-electron chi connectivity index (χ2n) is 5.79. The molecule has 1 aromatic carbocycles. The molecule has 0 aromatic heterocycles. The van der Waals surface area contributed by atoms with E-state index in [4.69, 9.17) is 19.9 Å². The molecule has 0 aliphatic carbocycles. The lowest BCUT2D eigenvalue weighted by Crippen LogP contribution is -2.53. The van der Waals surface area contributed by atoms with Crippen LogP contribution in [-0.4, -0.2) is 49.6 Å². The number of hydrogen-bond acceptors (Lipinski definition) is 7. The number of rotatable bonds is 12. The Morgan fingerprint density at radius 2 is 1.68 bits per heavy atom. The minimum absolute atomic E-state index is 0.0395. The molecule has 0 fully saturated rings. The summed E-state index contributed by atoms with van der Waals surface area (Å²) in [5.74, 6) is -4.46. The van der Waals surface area contributed by atoms with Crippen molar-refractivity contribution in [2.45, 2.75) is 32.9 Å². The average Bonchev–Trinajstić information content (AvgIpc) is 2.65. The lowest BCUT2D eigenvalue weighted by molar-refractivity contribution is -0.157. The second-order valence-corrected chi connectivity index (χ2v) is 5.79. The number of benzene rings is 1. The van der Waals surface area contributed by atoms with E-state index in [-0.39, 0.29) is 26.4 Å². The molecule has 0 saturated heterocycles. The van der Waals surface area contributed by atoms with E-state index in [1.54, 1.807) is 13.8 Å². The van der Waals surface area contributed by atoms with Crippen LogP contribution >= 0.6 is 0 Å². The van der Waals surface area contributed by atoms with E-state index in [1.165, 1.54) is 0 Å². The predicted molar refractivity (Wildman–Crippen MR) is 98.6 cm³/mol. The van der Waals surface area contributed by atoms with Crippen molar-refractivity contribution in [3.8, 4) is 0 Å². The number of hydrogen-bond donors (Lipinski definition) is 2. The van der Waals surface area contributed by atoms with Crippen LogP contribution in [0.2, 0.25) is 0 Å². The van der Waals surface area contributed by atoms with Crippen molar-refractivity contribution in [3.05, 3.63) is 35.9 Å². The highest BCUT2D eigenvalue weighted by atomic mass is 16.5. The number of esters is 2. The summed E-state index contributed by atoms with van der Waals surface area (Å²) in [6, 6.07) is 7.76. The first-order valence-corrected chi connectivity index (χ1v) is 8.91. The molecule has 3 N–H and O–H groups in total. The maximum atomic E-state index is 12.2. The molecule has 1 rings (SSSR count). The summed E-state index contributed by atoms with van der Waals surface area (Å²) < 4.78 is 15.0. The monoisotopic (exact) mass is 394 g/mol. The quantitative estimate of drug-likeness (QED) is 0.487. The highest BCUT2D eigenvalue weighted by molar-refractivity contribution is 5.93. The summed E-state index contributed by atoms with van der Waals surface area (Å²) in [6.07, 6.45) is -0.453. The third kappa shape index (κ3) is 8.17. The fourth-order valence-corrected chi connectivity index (χ4v) is 2.41. The van der Waals surface area contributed by atoms with Crippen molar-refractivity contribution < 1.29 is 33.4 Å². The van der Waals surface area contributed by atoms with Crippen LogP contribution in [-0.2, 0) is 40.0 Å². The number of primary amides is 1. The van der Waals surface area contributed by atoms with Gasteiger partial charge in [-0.05, 0) is 19.4 Å². The summed E-state index contributed by atoms with van der Waals surface area (Å²) in [5, 5.41) is 2.34. The Labute approximate surface area is 163 Å². The number of carbonyl (C=O) groups excluding carboxylic acids is 4. The van der Waals surface area contributed by atoms with Gasteiger partial charge in [0.2, 0.25) is 11.8 Å². The average molecular weight is 394 g/mol. The van der Waals surface area contributed by atoms with Gasteiger partial charge in [0.1, 0.15) is 12.6 Å². The molecule has 9 heteroatoms. The molecule has 0 bridgehead atoms. The van der Waals surface area contributed by atoms with Crippen LogP contribution in [0, 0.1) is 5.92 Å². The Kier molecular flexibility index (Phi) is 10.3. The Bertz CT molecular complexity index is 664. The van der Waals surface area contributed by atoms with Crippen molar-refractivity contribution in [3.63, 3.8) is 0 Å². The highest BCUT2D eigenvalue weighted by Crippen LogP contribution is 2.14. The maximum absolute atomic E-state index is 12.2. The van der Waals surface area contributed by atoms with Gasteiger partial charge in [-0.25, -0.2) is 0 Å². The van der Waals surface area contributed by atoms with Crippen LogP contribution in [0.5, 0.6) is 0 Å². The number of amides is 2. The Morgan fingerprint density at radius 1 is 1.04 bits per heavy atom. The van der Waals surface area contributed by atoms with Gasteiger partial charge in [-0.3, -0.25) is 19.2 Å². The summed E-state index contributed by atoms with van der Waals surface area (Å²) in [7, 11) is 0. The van der Waals surface area contributed by atoms with Gasteiger partial charge in [-0.1, -0.05) is 30.3 Å². The molecular formula is C19H26N2O7. The first-order valence-electron chi connectivity index (χ1n) is 8.91. The molecule has 0 saturated carbocycles. The normalized spacial score (nSPS) is 12.5. The summed E-state index contributed by atoms with van der Waals surface area (Å²) in [6.45, 7) is 3.17. The van der Waals surface area contributed by atoms with Gasteiger partial charge >= 0.3 is 11.9 Å². The van der Waals surface area contributed by atoms with Crippen molar-refractivity contribution in [1.29, 1.82) is 0 Å². The fraction of sp³-hybridized carbons (Fsp3) is 0.474. The van der Waals surface area contributed by atoms with E-state index in [0.29, 0.717) is 0 Å². The summed E-state index contributed by atoms with van der Waals surface area (Å²) in [4.78, 5) is 47.9. The minimum atomic E-state index is -1.43. The van der Waals surface area contributed by atoms with Gasteiger partial charge in [0.25, 0.3) is 0 Å². The standard InChI is InChI=1S/C19H26N2O7/c1-3-27-16(23)10-14(19(25)28-4-2)17(18(20)24)21-15(22)12-26-11-13-8-6-5-7-9-13/h5-9,14,17H,3-4,10-12H2,1-2H3,(H2,20,24)(H,21,22)/t14-,17+/m1/s1. The number of nitrogens with two attached hydrogens (primary N) is 1. The van der Waals surface area contributed by atoms with Gasteiger partial charge in [0.15, 0.2) is 0 Å². The molecule has 0 spiro atoms. The van der Waals surface area contributed by atoms with Gasteiger partial charge in [0, 0.05) is 0 Å². The largest absolute Gasteiger partial charge is 0.466 e. The highest BCUT2D eigenvalue weighted by Gasteiger charge is 2.37. The topological polar surface area (TPSA) is 134 Å². The van der Waals surface area contributed by atoms with E-state index in [2.05, 4.69) is 5.32 Å². The molecule has 1 aromatic rings. The van der Waals surface area contributed by atoms with Crippen LogP contribution in [0.1, 0.15) is 25.8 Å². The fourth-order valence-electron chi connectivity index (χ4n) is 2.41. The smallest absolute Gasteiger partial charge is 0.312 e. The van der Waals surface area contributed by atoms with Crippen LogP contribution in [0.25, 0.3) is 0 Å². The Morgan fingerprint density at radius 3 is 2.25 bits per heavy atom. The molecule has 0 aliphatic rings. The molecule has 154 valence electrons. The molecule has 0 aliphatic heterocycles. The Hall–Kier alpha value is -2.94. The zero-order valence-corrected chi connectivity index (χ0v) is 16.0. The first-order chi connectivity index (χ1) is 13.4. The molecule has 2 amide bonds. The molecule has 28 heavy (non-hydrogen) atoms. The lowest BCUT2D eigenvalue weighted by atomic mass is 9.95. The van der Waals surface area contributed by atoms with Gasteiger partial charge in [-0.15, -0.1) is 0 Å². The van der Waals surface area contributed by atoms with Gasteiger partial charge < -0.3 is 25.3 Å². The number of ether oxygens (including phenoxy) is 3. The van der Waals surface area contributed by atoms with Crippen molar-refractivity contribution in [2.75, 3.05) is 19.8 Å². The SMILES string of the molecule is CCOC(=O)C[C@@H](C(=O)OCC)[C@H](NC(=O)COCc1ccccc1)C(N)=O.